The maximum absolute atomic E-state index is 14.4. The molecule has 0 N–H and O–H groups in total. The van der Waals surface area contributed by atoms with Gasteiger partial charge in [0.1, 0.15) is 17.0 Å². The predicted molar refractivity (Wildman–Crippen MR) is 106 cm³/mol. The van der Waals surface area contributed by atoms with Crippen molar-refractivity contribution in [3.8, 4) is 0 Å². The summed E-state index contributed by atoms with van der Waals surface area (Å²) >= 11 is 0. The summed E-state index contributed by atoms with van der Waals surface area (Å²) in [7, 11) is 0. The fourth-order valence-corrected chi connectivity index (χ4v) is 4.72. The second kappa shape index (κ2) is 7.17. The van der Waals surface area contributed by atoms with E-state index in [1.54, 1.807) is 34.9 Å². The highest BCUT2D eigenvalue weighted by molar-refractivity contribution is 5.75. The zero-order chi connectivity index (χ0) is 20.6. The average Bonchev–Trinajstić information content (AvgIpc) is 2.92. The van der Waals surface area contributed by atoms with Crippen LogP contribution in [0.4, 0.5) is 9.18 Å². The molecular formula is C23H25FN2O3. The predicted octanol–water partition coefficient (Wildman–Crippen LogP) is 4.07. The van der Waals surface area contributed by atoms with Crippen molar-refractivity contribution in [2.45, 2.75) is 44.4 Å². The lowest BCUT2D eigenvalue weighted by molar-refractivity contribution is -0.134. The molecule has 1 spiro atoms. The number of rotatable bonds is 3. The van der Waals surface area contributed by atoms with Gasteiger partial charge in [-0.15, -0.1) is 0 Å². The number of nitrogens with zero attached hydrogens (tertiary/aromatic N) is 2. The number of benzene rings is 2. The zero-order valence-electron chi connectivity index (χ0n) is 16.7. The van der Waals surface area contributed by atoms with E-state index in [9.17, 15) is 14.0 Å². The molecule has 29 heavy (non-hydrogen) atoms. The summed E-state index contributed by atoms with van der Waals surface area (Å²) in [5, 5.41) is 0. The van der Waals surface area contributed by atoms with Gasteiger partial charge in [-0.1, -0.05) is 48.5 Å². The first kappa shape index (κ1) is 19.4. The van der Waals surface area contributed by atoms with Crippen molar-refractivity contribution in [1.29, 1.82) is 0 Å². The lowest BCUT2D eigenvalue weighted by Crippen LogP contribution is -2.58. The van der Waals surface area contributed by atoms with Crippen LogP contribution in [-0.2, 0) is 21.6 Å². The van der Waals surface area contributed by atoms with Crippen LogP contribution in [0.2, 0.25) is 0 Å². The van der Waals surface area contributed by atoms with Crippen molar-refractivity contribution < 1.29 is 18.7 Å². The van der Waals surface area contributed by atoms with Gasteiger partial charge in [-0.2, -0.15) is 0 Å². The standard InChI is InChI=1S/C23H25FN2O3/c1-17(27)25-14-12-23(13-15-25)22(2,19-9-4-3-5-10-19)26(21(28)29-23)16-18-8-6-7-11-20(18)24/h3-11H,12-16H2,1-2H3. The maximum atomic E-state index is 14.4. The molecule has 0 saturated carbocycles. The largest absolute Gasteiger partial charge is 0.440 e. The van der Waals surface area contributed by atoms with Crippen LogP contribution in [0.15, 0.2) is 54.6 Å². The SMILES string of the molecule is CC(=O)N1CCC2(CC1)OC(=O)N(Cc1ccccc1F)C2(C)c1ccccc1. The Bertz CT molecular complexity index is 925. The van der Waals surface area contributed by atoms with Gasteiger partial charge in [-0.25, -0.2) is 9.18 Å². The molecule has 1 unspecified atom stereocenters. The number of halogens is 1. The van der Waals surface area contributed by atoms with E-state index >= 15 is 0 Å². The minimum Gasteiger partial charge on any atom is -0.440 e. The van der Waals surface area contributed by atoms with Crippen molar-refractivity contribution in [2.24, 2.45) is 0 Å². The Kier molecular flexibility index (Phi) is 4.81. The summed E-state index contributed by atoms with van der Waals surface area (Å²) in [5.74, 6) is -0.322. The van der Waals surface area contributed by atoms with Crippen LogP contribution in [0.1, 0.15) is 37.8 Å². The number of carbonyl (C=O) groups is 2. The van der Waals surface area contributed by atoms with E-state index < -0.39 is 17.2 Å². The fourth-order valence-electron chi connectivity index (χ4n) is 4.72. The van der Waals surface area contributed by atoms with Crippen LogP contribution in [-0.4, -0.2) is 40.5 Å². The minimum atomic E-state index is -0.781. The molecular weight excluding hydrogens is 371 g/mol. The Balaban J connectivity index is 1.76. The van der Waals surface area contributed by atoms with Gasteiger partial charge in [0.25, 0.3) is 0 Å². The molecule has 2 aliphatic heterocycles. The second-order valence-electron chi connectivity index (χ2n) is 7.98. The van der Waals surface area contributed by atoms with Crippen LogP contribution in [0.3, 0.4) is 0 Å². The smallest absolute Gasteiger partial charge is 0.411 e. The highest BCUT2D eigenvalue weighted by Gasteiger charge is 2.63. The third-order valence-electron chi connectivity index (χ3n) is 6.57. The normalized spacial score (nSPS) is 23.3. The van der Waals surface area contributed by atoms with E-state index in [0.717, 1.165) is 5.56 Å². The van der Waals surface area contributed by atoms with Gasteiger partial charge >= 0.3 is 6.09 Å². The van der Waals surface area contributed by atoms with Crippen LogP contribution in [0, 0.1) is 5.82 Å². The van der Waals surface area contributed by atoms with E-state index in [1.807, 2.05) is 37.3 Å². The molecule has 5 nitrogen and oxygen atoms in total. The van der Waals surface area contributed by atoms with E-state index in [0.29, 0.717) is 31.5 Å². The highest BCUT2D eigenvalue weighted by atomic mass is 19.1. The van der Waals surface area contributed by atoms with Crippen LogP contribution in [0.5, 0.6) is 0 Å². The summed E-state index contributed by atoms with van der Waals surface area (Å²) < 4.78 is 20.4. The van der Waals surface area contributed by atoms with Gasteiger partial charge in [0.15, 0.2) is 0 Å². The van der Waals surface area contributed by atoms with Crippen molar-refractivity contribution in [3.63, 3.8) is 0 Å². The molecule has 0 aromatic heterocycles. The molecule has 2 amide bonds. The first-order valence-electron chi connectivity index (χ1n) is 9.92. The molecule has 152 valence electrons. The Morgan fingerprint density at radius 1 is 1.07 bits per heavy atom. The zero-order valence-corrected chi connectivity index (χ0v) is 16.7. The number of carbonyl (C=O) groups excluding carboxylic acids is 2. The molecule has 0 radical (unpaired) electrons. The molecule has 0 bridgehead atoms. The van der Waals surface area contributed by atoms with E-state index in [-0.39, 0.29) is 18.3 Å². The quantitative estimate of drug-likeness (QED) is 0.786. The summed E-state index contributed by atoms with van der Waals surface area (Å²) in [5.41, 5.74) is -0.164. The third-order valence-corrected chi connectivity index (χ3v) is 6.57. The van der Waals surface area contributed by atoms with Gasteiger partial charge in [0.05, 0.1) is 6.54 Å². The minimum absolute atomic E-state index is 0.0220. The molecule has 2 aromatic rings. The number of hydrogen-bond acceptors (Lipinski definition) is 3. The van der Waals surface area contributed by atoms with Gasteiger partial charge in [-0.3, -0.25) is 9.69 Å². The first-order chi connectivity index (χ1) is 13.9. The van der Waals surface area contributed by atoms with E-state index in [4.69, 9.17) is 4.74 Å². The number of likely N-dealkylation sites (tertiary alicyclic amines) is 1. The van der Waals surface area contributed by atoms with Crippen LogP contribution >= 0.6 is 0 Å². The van der Waals surface area contributed by atoms with Crippen molar-refractivity contribution >= 4 is 12.0 Å². The fraction of sp³-hybridized carbons (Fsp3) is 0.391. The van der Waals surface area contributed by atoms with E-state index in [2.05, 4.69) is 0 Å². The van der Waals surface area contributed by atoms with Crippen LogP contribution in [0.25, 0.3) is 0 Å². The third kappa shape index (κ3) is 3.07. The van der Waals surface area contributed by atoms with Crippen LogP contribution < -0.4 is 0 Å². The lowest BCUT2D eigenvalue weighted by Gasteiger charge is -2.48. The van der Waals surface area contributed by atoms with Crippen molar-refractivity contribution in [1.82, 2.24) is 9.80 Å². The molecule has 2 fully saturated rings. The Morgan fingerprint density at radius 2 is 1.69 bits per heavy atom. The summed E-state index contributed by atoms with van der Waals surface area (Å²) in [6.45, 7) is 4.73. The Morgan fingerprint density at radius 3 is 2.31 bits per heavy atom. The number of piperidine rings is 1. The molecule has 0 aliphatic carbocycles. The summed E-state index contributed by atoms with van der Waals surface area (Å²) in [4.78, 5) is 28.3. The summed E-state index contributed by atoms with van der Waals surface area (Å²) in [6, 6.07) is 16.3. The number of hydrogen-bond donors (Lipinski definition) is 0. The molecule has 2 saturated heterocycles. The van der Waals surface area contributed by atoms with Crippen molar-refractivity contribution in [3.05, 3.63) is 71.5 Å². The Hall–Kier alpha value is -2.89. The van der Waals surface area contributed by atoms with Gasteiger partial charge < -0.3 is 9.64 Å². The number of amides is 2. The highest BCUT2D eigenvalue weighted by Crippen LogP contribution is 2.52. The molecule has 2 aliphatic rings. The van der Waals surface area contributed by atoms with Crippen molar-refractivity contribution in [2.75, 3.05) is 13.1 Å². The topological polar surface area (TPSA) is 49.9 Å². The van der Waals surface area contributed by atoms with Gasteiger partial charge in [-0.05, 0) is 18.6 Å². The maximum Gasteiger partial charge on any atom is 0.411 e. The molecule has 2 heterocycles. The second-order valence-corrected chi connectivity index (χ2v) is 7.98. The molecule has 4 rings (SSSR count). The summed E-state index contributed by atoms with van der Waals surface area (Å²) in [6.07, 6.45) is 0.630. The lowest BCUT2D eigenvalue weighted by atomic mass is 9.70. The molecule has 6 heteroatoms. The molecule has 1 atom stereocenters. The van der Waals surface area contributed by atoms with Gasteiger partial charge in [0.2, 0.25) is 5.91 Å². The first-order valence-corrected chi connectivity index (χ1v) is 9.92. The van der Waals surface area contributed by atoms with E-state index in [1.165, 1.54) is 6.07 Å². The Labute approximate surface area is 170 Å². The molecule has 2 aromatic carbocycles. The monoisotopic (exact) mass is 396 g/mol. The number of ether oxygens (including phenoxy) is 1. The van der Waals surface area contributed by atoms with Gasteiger partial charge in [0, 0.05) is 38.4 Å². The average molecular weight is 396 g/mol.